The highest BCUT2D eigenvalue weighted by molar-refractivity contribution is 5.88. The zero-order chi connectivity index (χ0) is 21.2. The summed E-state index contributed by atoms with van der Waals surface area (Å²) in [7, 11) is 7.05. The molecule has 2 aromatic rings. The number of carbonyl (C=O) groups excluding carboxylic acids is 1. The van der Waals surface area contributed by atoms with Gasteiger partial charge in [0, 0.05) is 51.4 Å². The van der Waals surface area contributed by atoms with Crippen molar-refractivity contribution in [3.8, 4) is 11.5 Å². The minimum Gasteiger partial charge on any atom is -0.497 e. The van der Waals surface area contributed by atoms with Gasteiger partial charge in [0.2, 0.25) is 5.91 Å². The van der Waals surface area contributed by atoms with Crippen LogP contribution in [0, 0.1) is 0 Å². The molecule has 0 radical (unpaired) electrons. The summed E-state index contributed by atoms with van der Waals surface area (Å²) in [5, 5.41) is 6.16. The number of ether oxygens (including phenoxy) is 2. The first-order chi connectivity index (χ1) is 14.0. The van der Waals surface area contributed by atoms with Gasteiger partial charge in [-0.2, -0.15) is 0 Å². The molecule has 0 unspecified atom stereocenters. The van der Waals surface area contributed by atoms with E-state index in [9.17, 15) is 4.79 Å². The Kier molecular flexibility index (Phi) is 8.33. The van der Waals surface area contributed by atoms with Crippen LogP contribution in [-0.4, -0.2) is 51.6 Å². The number of hydrogen-bond donors (Lipinski definition) is 2. The summed E-state index contributed by atoms with van der Waals surface area (Å²) >= 11 is 0. The van der Waals surface area contributed by atoms with E-state index in [-0.39, 0.29) is 5.91 Å². The second-order valence-electron chi connectivity index (χ2n) is 6.64. The molecule has 0 fully saturated rings. The molecule has 0 aliphatic carbocycles. The van der Waals surface area contributed by atoms with Crippen LogP contribution >= 0.6 is 0 Å². The van der Waals surface area contributed by atoms with E-state index in [2.05, 4.69) is 15.6 Å². The molecular weight excluding hydrogens is 368 g/mol. The van der Waals surface area contributed by atoms with E-state index in [0.29, 0.717) is 6.54 Å². The molecule has 0 aliphatic rings. The fourth-order valence-corrected chi connectivity index (χ4v) is 2.97. The van der Waals surface area contributed by atoms with Gasteiger partial charge in [-0.25, -0.2) is 0 Å². The third-order valence-electron chi connectivity index (χ3n) is 4.45. The van der Waals surface area contributed by atoms with E-state index in [1.54, 1.807) is 21.3 Å². The number of benzene rings is 2. The van der Waals surface area contributed by atoms with E-state index in [4.69, 9.17) is 9.47 Å². The van der Waals surface area contributed by atoms with Crippen molar-refractivity contribution in [3.63, 3.8) is 0 Å². The molecule has 0 aromatic heterocycles. The lowest BCUT2D eigenvalue weighted by molar-refractivity contribution is -0.114. The van der Waals surface area contributed by atoms with Gasteiger partial charge in [-0.3, -0.25) is 9.79 Å². The second kappa shape index (κ2) is 10.9. The monoisotopic (exact) mass is 398 g/mol. The fourth-order valence-electron chi connectivity index (χ4n) is 2.97. The van der Waals surface area contributed by atoms with Crippen LogP contribution in [-0.2, 0) is 17.8 Å². The second-order valence-corrected chi connectivity index (χ2v) is 6.64. The Balaban J connectivity index is 1.90. The highest BCUT2D eigenvalue weighted by Gasteiger charge is 2.11. The molecule has 29 heavy (non-hydrogen) atoms. The van der Waals surface area contributed by atoms with Crippen molar-refractivity contribution in [2.24, 2.45) is 4.99 Å². The smallest absolute Gasteiger partial charge is 0.221 e. The summed E-state index contributed by atoms with van der Waals surface area (Å²) in [6, 6.07) is 13.7. The van der Waals surface area contributed by atoms with Gasteiger partial charge in [-0.15, -0.1) is 0 Å². The lowest BCUT2D eigenvalue weighted by atomic mass is 10.1. The minimum atomic E-state index is -0.0697. The zero-order valence-corrected chi connectivity index (χ0v) is 17.8. The van der Waals surface area contributed by atoms with Crippen molar-refractivity contribution in [1.29, 1.82) is 0 Å². The number of rotatable bonds is 8. The van der Waals surface area contributed by atoms with Crippen LogP contribution < -0.4 is 20.1 Å². The quantitative estimate of drug-likeness (QED) is 0.528. The van der Waals surface area contributed by atoms with Crippen molar-refractivity contribution in [1.82, 2.24) is 10.2 Å². The number of nitrogens with zero attached hydrogens (tertiary/aromatic N) is 2. The van der Waals surface area contributed by atoms with Gasteiger partial charge in [0.15, 0.2) is 5.96 Å². The van der Waals surface area contributed by atoms with E-state index in [1.807, 2.05) is 54.4 Å². The Morgan fingerprint density at radius 2 is 1.83 bits per heavy atom. The highest BCUT2D eigenvalue weighted by atomic mass is 16.5. The predicted octanol–water partition coefficient (Wildman–Crippen LogP) is 2.91. The van der Waals surface area contributed by atoms with Crippen molar-refractivity contribution < 1.29 is 14.3 Å². The molecule has 2 N–H and O–H groups in total. The standard InChI is InChI=1S/C22H30N4O3/c1-16(27)25-19-9-6-17(7-10-19)12-13-24-22(23-2)26(3)15-18-8-11-20(28-4)14-21(18)29-5/h6-11,14H,12-13,15H2,1-5H3,(H,23,24)(H,25,27). The van der Waals surface area contributed by atoms with Crippen molar-refractivity contribution in [3.05, 3.63) is 53.6 Å². The summed E-state index contributed by atoms with van der Waals surface area (Å²) < 4.78 is 10.7. The maximum absolute atomic E-state index is 11.1. The lowest BCUT2D eigenvalue weighted by Crippen LogP contribution is -2.39. The number of carbonyl (C=O) groups is 1. The van der Waals surface area contributed by atoms with Crippen LogP contribution in [0.2, 0.25) is 0 Å². The molecule has 7 heteroatoms. The Labute approximate surface area is 172 Å². The number of guanidine groups is 1. The summed E-state index contributed by atoms with van der Waals surface area (Å²) in [5.74, 6) is 2.28. The lowest BCUT2D eigenvalue weighted by Gasteiger charge is -2.23. The van der Waals surface area contributed by atoms with E-state index < -0.39 is 0 Å². The molecule has 0 saturated heterocycles. The Bertz CT molecular complexity index is 834. The molecule has 0 saturated carbocycles. The number of methoxy groups -OCH3 is 2. The van der Waals surface area contributed by atoms with Crippen LogP contribution in [0.5, 0.6) is 11.5 Å². The normalized spacial score (nSPS) is 11.0. The van der Waals surface area contributed by atoms with Gasteiger partial charge in [0.1, 0.15) is 11.5 Å². The molecule has 2 aromatic carbocycles. The van der Waals surface area contributed by atoms with Crippen molar-refractivity contribution in [2.45, 2.75) is 19.9 Å². The molecule has 0 atom stereocenters. The Hall–Kier alpha value is -3.22. The van der Waals surface area contributed by atoms with Gasteiger partial charge in [0.25, 0.3) is 0 Å². The van der Waals surface area contributed by atoms with E-state index in [1.165, 1.54) is 12.5 Å². The molecule has 0 heterocycles. The summed E-state index contributed by atoms with van der Waals surface area (Å²) in [6.07, 6.45) is 0.846. The maximum atomic E-state index is 11.1. The number of anilines is 1. The molecule has 1 amide bonds. The summed E-state index contributed by atoms with van der Waals surface area (Å²) in [5.41, 5.74) is 3.03. The van der Waals surface area contributed by atoms with Crippen molar-refractivity contribution >= 4 is 17.6 Å². The Morgan fingerprint density at radius 3 is 2.41 bits per heavy atom. The first kappa shape index (κ1) is 22.1. The zero-order valence-electron chi connectivity index (χ0n) is 17.8. The third kappa shape index (κ3) is 6.71. The number of amides is 1. The van der Waals surface area contributed by atoms with E-state index >= 15 is 0 Å². The average Bonchev–Trinajstić information content (AvgIpc) is 2.72. The van der Waals surface area contributed by atoms with E-state index in [0.717, 1.165) is 41.7 Å². The molecule has 2 rings (SSSR count). The number of aliphatic imine (C=N–C) groups is 1. The largest absolute Gasteiger partial charge is 0.497 e. The Morgan fingerprint density at radius 1 is 1.10 bits per heavy atom. The molecule has 7 nitrogen and oxygen atoms in total. The molecule has 156 valence electrons. The summed E-state index contributed by atoms with van der Waals surface area (Å²) in [4.78, 5) is 17.5. The summed E-state index contributed by atoms with van der Waals surface area (Å²) in [6.45, 7) is 2.90. The van der Waals surface area contributed by atoms with Crippen LogP contribution in [0.4, 0.5) is 5.69 Å². The fraction of sp³-hybridized carbons (Fsp3) is 0.364. The SMILES string of the molecule is CN=C(NCCc1ccc(NC(C)=O)cc1)N(C)Cc1ccc(OC)cc1OC. The average molecular weight is 399 g/mol. The molecule has 0 aliphatic heterocycles. The first-order valence-corrected chi connectivity index (χ1v) is 9.46. The highest BCUT2D eigenvalue weighted by Crippen LogP contribution is 2.25. The van der Waals surface area contributed by atoms with Crippen LogP contribution in [0.3, 0.4) is 0 Å². The van der Waals surface area contributed by atoms with Crippen LogP contribution in [0.15, 0.2) is 47.5 Å². The van der Waals surface area contributed by atoms with Gasteiger partial charge in [-0.05, 0) is 36.2 Å². The van der Waals surface area contributed by atoms with Gasteiger partial charge < -0.3 is 25.0 Å². The van der Waals surface area contributed by atoms with Gasteiger partial charge in [-0.1, -0.05) is 12.1 Å². The van der Waals surface area contributed by atoms with Gasteiger partial charge >= 0.3 is 0 Å². The molecule has 0 spiro atoms. The number of hydrogen-bond acceptors (Lipinski definition) is 4. The first-order valence-electron chi connectivity index (χ1n) is 9.46. The minimum absolute atomic E-state index is 0.0697. The maximum Gasteiger partial charge on any atom is 0.221 e. The molecular formula is C22H30N4O3. The van der Waals surface area contributed by atoms with Crippen LogP contribution in [0.1, 0.15) is 18.1 Å². The van der Waals surface area contributed by atoms with Gasteiger partial charge in [0.05, 0.1) is 14.2 Å². The third-order valence-corrected chi connectivity index (χ3v) is 4.45. The van der Waals surface area contributed by atoms with Crippen LogP contribution in [0.25, 0.3) is 0 Å². The number of nitrogens with one attached hydrogen (secondary N) is 2. The topological polar surface area (TPSA) is 75.2 Å². The predicted molar refractivity (Wildman–Crippen MR) is 117 cm³/mol. The molecule has 0 bridgehead atoms. The van der Waals surface area contributed by atoms with Crippen molar-refractivity contribution in [2.75, 3.05) is 40.2 Å².